The fourth-order valence-corrected chi connectivity index (χ4v) is 3.97. The summed E-state index contributed by atoms with van der Waals surface area (Å²) in [4.78, 5) is 44.0. The quantitative estimate of drug-likeness (QED) is 0.517. The molecule has 1 saturated heterocycles. The van der Waals surface area contributed by atoms with Crippen molar-refractivity contribution in [3.63, 3.8) is 0 Å². The third kappa shape index (κ3) is 3.46. The maximum atomic E-state index is 12.5. The number of imidazole rings is 1. The minimum absolute atomic E-state index is 0.151. The first-order valence-corrected chi connectivity index (χ1v) is 9.93. The van der Waals surface area contributed by atoms with E-state index < -0.39 is 5.69 Å². The van der Waals surface area contributed by atoms with Crippen molar-refractivity contribution in [1.82, 2.24) is 33.6 Å². The molecule has 0 radical (unpaired) electrons. The van der Waals surface area contributed by atoms with Crippen LogP contribution in [0.4, 0.5) is 11.9 Å². The molecule has 1 fully saturated rings. The maximum absolute atomic E-state index is 12.5. The van der Waals surface area contributed by atoms with Crippen LogP contribution in [0.15, 0.2) is 14.7 Å². The van der Waals surface area contributed by atoms with Gasteiger partial charge in [0.05, 0.1) is 19.0 Å². The number of aromatic nitrogens is 7. The number of ether oxygens (including phenoxy) is 1. The second kappa shape index (κ2) is 7.48. The van der Waals surface area contributed by atoms with Gasteiger partial charge < -0.3 is 19.9 Å². The largest absolute Gasteiger partial charge is 0.378 e. The molecule has 1 aliphatic heterocycles. The zero-order valence-electron chi connectivity index (χ0n) is 16.3. The molecule has 0 unspecified atom stereocenters. The minimum Gasteiger partial charge on any atom is -0.378 e. The van der Waals surface area contributed by atoms with Crippen molar-refractivity contribution in [3.05, 3.63) is 26.7 Å². The molecule has 4 heterocycles. The number of rotatable bonds is 4. The van der Waals surface area contributed by atoms with Crippen LogP contribution in [0.25, 0.3) is 11.2 Å². The topological polar surface area (TPSA) is 139 Å². The Bertz CT molecular complexity index is 1190. The SMILES string of the molecule is Cn1c(=O)c2c(nc(SCc3nc(N)nc(N4CCOCC4)n3)n2C)n(C)c1=O. The van der Waals surface area contributed by atoms with Crippen molar-refractivity contribution in [1.29, 1.82) is 0 Å². The molecule has 12 nitrogen and oxygen atoms in total. The van der Waals surface area contributed by atoms with Crippen molar-refractivity contribution >= 4 is 34.8 Å². The van der Waals surface area contributed by atoms with Crippen molar-refractivity contribution in [2.45, 2.75) is 10.9 Å². The highest BCUT2D eigenvalue weighted by molar-refractivity contribution is 7.98. The fraction of sp³-hybridized carbons (Fsp3) is 0.500. The summed E-state index contributed by atoms with van der Waals surface area (Å²) in [6, 6.07) is 0. The van der Waals surface area contributed by atoms with Crippen LogP contribution in [-0.2, 0) is 31.6 Å². The van der Waals surface area contributed by atoms with E-state index in [1.807, 2.05) is 4.90 Å². The summed E-state index contributed by atoms with van der Waals surface area (Å²) in [5, 5.41) is 0.574. The zero-order chi connectivity index (χ0) is 20.7. The number of hydrogen-bond acceptors (Lipinski definition) is 10. The van der Waals surface area contributed by atoms with E-state index in [0.717, 1.165) is 4.57 Å². The minimum atomic E-state index is -0.419. The van der Waals surface area contributed by atoms with Crippen LogP contribution < -0.4 is 21.9 Å². The van der Waals surface area contributed by atoms with E-state index in [1.165, 1.54) is 23.4 Å². The number of nitrogens with zero attached hydrogens (tertiary/aromatic N) is 8. The van der Waals surface area contributed by atoms with Crippen LogP contribution in [0.3, 0.4) is 0 Å². The Morgan fingerprint density at radius 3 is 2.45 bits per heavy atom. The predicted molar refractivity (Wildman–Crippen MR) is 108 cm³/mol. The molecular formula is C16H21N9O3S. The van der Waals surface area contributed by atoms with E-state index >= 15 is 0 Å². The Kier molecular flexibility index (Phi) is 5.00. The third-order valence-electron chi connectivity index (χ3n) is 4.75. The molecule has 29 heavy (non-hydrogen) atoms. The Labute approximate surface area is 169 Å². The summed E-state index contributed by atoms with van der Waals surface area (Å²) in [5.41, 5.74) is 5.77. The highest BCUT2D eigenvalue weighted by atomic mass is 32.2. The summed E-state index contributed by atoms with van der Waals surface area (Å²) in [5.74, 6) is 1.57. The normalized spacial score (nSPS) is 14.7. The average Bonchev–Trinajstić information content (AvgIpc) is 3.06. The molecule has 4 rings (SSSR count). The van der Waals surface area contributed by atoms with E-state index in [0.29, 0.717) is 60.1 Å². The number of fused-ring (bicyclic) bond motifs is 1. The van der Waals surface area contributed by atoms with Gasteiger partial charge in [-0.1, -0.05) is 11.8 Å². The van der Waals surface area contributed by atoms with Crippen LogP contribution in [-0.4, -0.2) is 59.9 Å². The molecule has 0 atom stereocenters. The lowest BCUT2D eigenvalue weighted by molar-refractivity contribution is 0.122. The molecular weight excluding hydrogens is 398 g/mol. The van der Waals surface area contributed by atoms with E-state index in [4.69, 9.17) is 10.5 Å². The number of aryl methyl sites for hydroxylation is 2. The number of nitrogens with two attached hydrogens (primary N) is 1. The highest BCUT2D eigenvalue weighted by Crippen LogP contribution is 2.23. The Balaban J connectivity index is 1.63. The second-order valence-corrected chi connectivity index (χ2v) is 7.57. The van der Waals surface area contributed by atoms with Gasteiger partial charge in [-0.05, 0) is 0 Å². The second-order valence-electron chi connectivity index (χ2n) is 6.63. The van der Waals surface area contributed by atoms with E-state index in [1.54, 1.807) is 18.7 Å². The summed E-state index contributed by atoms with van der Waals surface area (Å²) in [6.07, 6.45) is 0. The van der Waals surface area contributed by atoms with Crippen LogP contribution in [0.2, 0.25) is 0 Å². The number of thioether (sulfide) groups is 1. The lowest BCUT2D eigenvalue weighted by Crippen LogP contribution is -2.37. The van der Waals surface area contributed by atoms with Crippen LogP contribution in [0, 0.1) is 0 Å². The molecule has 0 spiro atoms. The first kappa shape index (κ1) is 19.4. The van der Waals surface area contributed by atoms with Crippen LogP contribution in [0.1, 0.15) is 5.82 Å². The standard InChI is InChI=1S/C16H21N9O3S/c1-22-10-11(23(2)16(27)24(3)12(10)26)20-15(22)29-8-9-18-13(17)21-14(19-9)25-4-6-28-7-5-25/h4-8H2,1-3H3,(H2,17,18,19,21). The summed E-state index contributed by atoms with van der Waals surface area (Å²) in [6.45, 7) is 2.61. The summed E-state index contributed by atoms with van der Waals surface area (Å²) >= 11 is 1.36. The lowest BCUT2D eigenvalue weighted by Gasteiger charge is -2.26. The number of anilines is 2. The molecule has 0 amide bonds. The van der Waals surface area contributed by atoms with Crippen molar-refractivity contribution < 1.29 is 4.74 Å². The molecule has 1 aliphatic rings. The summed E-state index contributed by atoms with van der Waals surface area (Å²) in [7, 11) is 4.78. The van der Waals surface area contributed by atoms with Gasteiger partial charge in [-0.25, -0.2) is 9.78 Å². The molecule has 0 aromatic carbocycles. The van der Waals surface area contributed by atoms with Gasteiger partial charge in [0.25, 0.3) is 5.56 Å². The first-order chi connectivity index (χ1) is 13.9. The third-order valence-corrected chi connectivity index (χ3v) is 5.77. The molecule has 2 N–H and O–H groups in total. The van der Waals surface area contributed by atoms with Gasteiger partial charge in [-0.2, -0.15) is 15.0 Å². The molecule has 13 heteroatoms. The lowest BCUT2D eigenvalue weighted by atomic mass is 10.4. The smallest absolute Gasteiger partial charge is 0.332 e. The van der Waals surface area contributed by atoms with Crippen molar-refractivity contribution in [2.24, 2.45) is 21.1 Å². The predicted octanol–water partition coefficient (Wildman–Crippen LogP) is -1.13. The molecule has 3 aromatic heterocycles. The molecule has 3 aromatic rings. The Morgan fingerprint density at radius 2 is 1.72 bits per heavy atom. The van der Waals surface area contributed by atoms with E-state index in [-0.39, 0.29) is 11.5 Å². The Hall–Kier alpha value is -2.93. The average molecular weight is 419 g/mol. The van der Waals surface area contributed by atoms with E-state index in [2.05, 4.69) is 19.9 Å². The van der Waals surface area contributed by atoms with Gasteiger partial charge in [0, 0.05) is 34.2 Å². The van der Waals surface area contributed by atoms with Crippen LogP contribution >= 0.6 is 11.8 Å². The fourth-order valence-electron chi connectivity index (χ4n) is 3.15. The first-order valence-electron chi connectivity index (χ1n) is 8.95. The van der Waals surface area contributed by atoms with E-state index in [9.17, 15) is 9.59 Å². The summed E-state index contributed by atoms with van der Waals surface area (Å²) < 4.78 is 9.46. The van der Waals surface area contributed by atoms with Crippen molar-refractivity contribution in [2.75, 3.05) is 36.9 Å². The zero-order valence-corrected chi connectivity index (χ0v) is 17.1. The van der Waals surface area contributed by atoms with Crippen molar-refractivity contribution in [3.8, 4) is 0 Å². The van der Waals surface area contributed by atoms with Crippen LogP contribution in [0.5, 0.6) is 0 Å². The maximum Gasteiger partial charge on any atom is 0.332 e. The number of morpholine rings is 1. The molecule has 0 aliphatic carbocycles. The van der Waals surface area contributed by atoms with Gasteiger partial charge >= 0.3 is 5.69 Å². The van der Waals surface area contributed by atoms with Gasteiger partial charge in [-0.15, -0.1) is 0 Å². The van der Waals surface area contributed by atoms with Gasteiger partial charge in [0.1, 0.15) is 5.82 Å². The molecule has 0 saturated carbocycles. The van der Waals surface area contributed by atoms with Gasteiger partial charge in [0.15, 0.2) is 16.3 Å². The number of nitrogen functional groups attached to an aromatic ring is 1. The van der Waals surface area contributed by atoms with Gasteiger partial charge in [-0.3, -0.25) is 13.9 Å². The monoisotopic (exact) mass is 419 g/mol. The van der Waals surface area contributed by atoms with Gasteiger partial charge in [0.2, 0.25) is 11.9 Å². The molecule has 0 bridgehead atoms. The number of hydrogen-bond donors (Lipinski definition) is 1. The molecule has 154 valence electrons. The highest BCUT2D eigenvalue weighted by Gasteiger charge is 2.19. The Morgan fingerprint density at radius 1 is 1.00 bits per heavy atom.